The zero-order valence-corrected chi connectivity index (χ0v) is 9.20. The van der Waals surface area contributed by atoms with Crippen molar-refractivity contribution in [3.63, 3.8) is 0 Å². The van der Waals surface area contributed by atoms with Gasteiger partial charge >= 0.3 is 0 Å². The van der Waals surface area contributed by atoms with Gasteiger partial charge in [-0.15, -0.1) is 0 Å². The highest BCUT2D eigenvalue weighted by atomic mass is 19.1. The van der Waals surface area contributed by atoms with E-state index in [4.69, 9.17) is 4.74 Å². The lowest BCUT2D eigenvalue weighted by Crippen LogP contribution is -2.37. The Kier molecular flexibility index (Phi) is 3.19. The van der Waals surface area contributed by atoms with Crippen LogP contribution in [0.3, 0.4) is 0 Å². The van der Waals surface area contributed by atoms with Crippen molar-refractivity contribution in [2.75, 3.05) is 31.2 Å². The number of nitrogens with zero attached hydrogens (tertiary/aromatic N) is 1. The lowest BCUT2D eigenvalue weighted by Gasteiger charge is -2.30. The van der Waals surface area contributed by atoms with Crippen LogP contribution in [0, 0.1) is 5.82 Å². The smallest absolute Gasteiger partial charge is 0.164 e. The van der Waals surface area contributed by atoms with E-state index < -0.39 is 5.82 Å². The normalized spacial score (nSPS) is 16.2. The number of hydrogen-bond acceptors (Lipinski definition) is 3. The average Bonchev–Trinajstić information content (AvgIpc) is 2.29. The van der Waals surface area contributed by atoms with Crippen LogP contribution in [0.15, 0.2) is 18.2 Å². The summed E-state index contributed by atoms with van der Waals surface area (Å²) in [5.74, 6) is -0.684. The van der Waals surface area contributed by atoms with Crippen LogP contribution in [0.5, 0.6) is 0 Å². The van der Waals surface area contributed by atoms with Crippen molar-refractivity contribution in [1.82, 2.24) is 0 Å². The minimum absolute atomic E-state index is 0.185. The summed E-state index contributed by atoms with van der Waals surface area (Å²) in [6.45, 7) is 4.03. The molecule has 4 heteroatoms. The summed E-state index contributed by atoms with van der Waals surface area (Å²) in [6.07, 6.45) is 0. The molecule has 1 heterocycles. The van der Waals surface area contributed by atoms with Gasteiger partial charge in [-0.1, -0.05) is 6.07 Å². The van der Waals surface area contributed by atoms with Crippen molar-refractivity contribution >= 4 is 11.5 Å². The predicted octanol–water partition coefficient (Wildman–Crippen LogP) is 1.86. The summed E-state index contributed by atoms with van der Waals surface area (Å²) in [6, 6.07) is 4.73. The van der Waals surface area contributed by atoms with Crippen LogP contribution in [-0.2, 0) is 4.74 Å². The number of rotatable bonds is 2. The highest BCUT2D eigenvalue weighted by Gasteiger charge is 2.19. The fourth-order valence-electron chi connectivity index (χ4n) is 1.93. The van der Waals surface area contributed by atoms with Gasteiger partial charge in [-0.2, -0.15) is 0 Å². The summed E-state index contributed by atoms with van der Waals surface area (Å²) in [7, 11) is 0. The maximum atomic E-state index is 13.6. The van der Waals surface area contributed by atoms with Gasteiger partial charge in [0.15, 0.2) is 5.78 Å². The summed E-state index contributed by atoms with van der Waals surface area (Å²) >= 11 is 0. The first-order chi connectivity index (χ1) is 7.70. The second-order valence-electron chi connectivity index (χ2n) is 3.79. The van der Waals surface area contributed by atoms with E-state index in [2.05, 4.69) is 0 Å². The second-order valence-corrected chi connectivity index (χ2v) is 3.79. The molecule has 1 aliphatic rings. The van der Waals surface area contributed by atoms with Crippen LogP contribution in [0.4, 0.5) is 10.1 Å². The van der Waals surface area contributed by atoms with Gasteiger partial charge in [-0.3, -0.25) is 4.79 Å². The number of ketones is 1. The number of ether oxygens (including phenoxy) is 1. The molecule has 0 atom stereocenters. The van der Waals surface area contributed by atoms with Crippen molar-refractivity contribution in [2.24, 2.45) is 0 Å². The van der Waals surface area contributed by atoms with Crippen LogP contribution < -0.4 is 4.90 Å². The van der Waals surface area contributed by atoms with Crippen molar-refractivity contribution in [3.8, 4) is 0 Å². The number of carbonyl (C=O) groups excluding carboxylic acids is 1. The molecule has 0 radical (unpaired) electrons. The Labute approximate surface area is 93.8 Å². The molecule has 0 aromatic heterocycles. The molecule has 0 bridgehead atoms. The minimum Gasteiger partial charge on any atom is -0.378 e. The number of carbonyl (C=O) groups is 1. The van der Waals surface area contributed by atoms with Crippen molar-refractivity contribution in [3.05, 3.63) is 29.6 Å². The van der Waals surface area contributed by atoms with Gasteiger partial charge in [0.1, 0.15) is 5.82 Å². The summed E-state index contributed by atoms with van der Waals surface area (Å²) in [4.78, 5) is 13.4. The van der Waals surface area contributed by atoms with Gasteiger partial charge in [-0.05, 0) is 19.1 Å². The Bertz CT molecular complexity index is 400. The molecule has 0 N–H and O–H groups in total. The molecule has 16 heavy (non-hydrogen) atoms. The lowest BCUT2D eigenvalue weighted by atomic mass is 10.1. The Morgan fingerprint density at radius 1 is 1.38 bits per heavy atom. The van der Waals surface area contributed by atoms with Gasteiger partial charge in [0.2, 0.25) is 0 Å². The van der Waals surface area contributed by atoms with E-state index in [-0.39, 0.29) is 11.3 Å². The van der Waals surface area contributed by atoms with Crippen LogP contribution in [0.2, 0.25) is 0 Å². The molecular weight excluding hydrogens is 209 g/mol. The topological polar surface area (TPSA) is 29.5 Å². The van der Waals surface area contributed by atoms with E-state index in [1.807, 2.05) is 4.90 Å². The molecule has 1 aliphatic heterocycles. The third-order valence-corrected chi connectivity index (χ3v) is 2.70. The number of morpholine rings is 1. The van der Waals surface area contributed by atoms with E-state index in [0.29, 0.717) is 32.0 Å². The molecule has 1 fully saturated rings. The quantitative estimate of drug-likeness (QED) is 0.717. The number of anilines is 1. The molecule has 86 valence electrons. The highest BCUT2D eigenvalue weighted by molar-refractivity contribution is 6.00. The Morgan fingerprint density at radius 3 is 2.69 bits per heavy atom. The number of hydrogen-bond donors (Lipinski definition) is 0. The van der Waals surface area contributed by atoms with E-state index >= 15 is 0 Å². The van der Waals surface area contributed by atoms with Gasteiger partial charge in [0, 0.05) is 13.1 Å². The molecule has 1 aromatic rings. The van der Waals surface area contributed by atoms with Crippen molar-refractivity contribution in [1.29, 1.82) is 0 Å². The second kappa shape index (κ2) is 4.61. The molecule has 3 nitrogen and oxygen atoms in total. The minimum atomic E-state index is -0.448. The number of halogens is 1. The zero-order chi connectivity index (χ0) is 11.5. The third kappa shape index (κ3) is 2.07. The molecule has 0 spiro atoms. The Hall–Kier alpha value is -1.42. The van der Waals surface area contributed by atoms with Crippen molar-refractivity contribution in [2.45, 2.75) is 6.92 Å². The lowest BCUT2D eigenvalue weighted by molar-refractivity contribution is 0.101. The molecule has 2 rings (SSSR count). The standard InChI is InChI=1S/C12H14FNO2/c1-9(15)12-10(13)3-2-4-11(12)14-5-7-16-8-6-14/h2-4H,5-8H2,1H3. The highest BCUT2D eigenvalue weighted by Crippen LogP contribution is 2.24. The number of Topliss-reactive ketones (excluding diaryl/α,β-unsaturated/α-hetero) is 1. The van der Waals surface area contributed by atoms with Gasteiger partial charge < -0.3 is 9.64 Å². The first-order valence-electron chi connectivity index (χ1n) is 5.32. The summed E-state index contributed by atoms with van der Waals surface area (Å²) in [5, 5.41) is 0. The van der Waals surface area contributed by atoms with Crippen LogP contribution in [-0.4, -0.2) is 32.1 Å². The maximum absolute atomic E-state index is 13.6. The van der Waals surface area contributed by atoms with Crippen LogP contribution >= 0.6 is 0 Å². The molecule has 1 aromatic carbocycles. The molecule has 0 saturated carbocycles. The first-order valence-corrected chi connectivity index (χ1v) is 5.32. The predicted molar refractivity (Wildman–Crippen MR) is 59.4 cm³/mol. The summed E-state index contributed by atoms with van der Waals surface area (Å²) < 4.78 is 18.8. The zero-order valence-electron chi connectivity index (χ0n) is 9.20. The van der Waals surface area contributed by atoms with Gasteiger partial charge in [-0.25, -0.2) is 4.39 Å². The van der Waals surface area contributed by atoms with Crippen molar-refractivity contribution < 1.29 is 13.9 Å². The van der Waals surface area contributed by atoms with Gasteiger partial charge in [0.25, 0.3) is 0 Å². The molecule has 0 amide bonds. The van der Waals surface area contributed by atoms with Crippen LogP contribution in [0.1, 0.15) is 17.3 Å². The fraction of sp³-hybridized carbons (Fsp3) is 0.417. The SMILES string of the molecule is CC(=O)c1c(F)cccc1N1CCOCC1. The Balaban J connectivity index is 2.38. The van der Waals surface area contributed by atoms with E-state index in [9.17, 15) is 9.18 Å². The van der Waals surface area contributed by atoms with E-state index in [1.54, 1.807) is 12.1 Å². The molecule has 0 aliphatic carbocycles. The Morgan fingerprint density at radius 2 is 2.06 bits per heavy atom. The maximum Gasteiger partial charge on any atom is 0.164 e. The molecule has 0 unspecified atom stereocenters. The van der Waals surface area contributed by atoms with E-state index in [1.165, 1.54) is 13.0 Å². The third-order valence-electron chi connectivity index (χ3n) is 2.70. The van der Waals surface area contributed by atoms with E-state index in [0.717, 1.165) is 0 Å². The monoisotopic (exact) mass is 223 g/mol. The average molecular weight is 223 g/mol. The summed E-state index contributed by atoms with van der Waals surface area (Å²) in [5.41, 5.74) is 0.861. The first kappa shape index (κ1) is 11.1. The number of benzene rings is 1. The largest absolute Gasteiger partial charge is 0.378 e. The molecular formula is C12H14FNO2. The fourth-order valence-corrected chi connectivity index (χ4v) is 1.93. The van der Waals surface area contributed by atoms with Crippen LogP contribution in [0.25, 0.3) is 0 Å². The van der Waals surface area contributed by atoms with Gasteiger partial charge in [0.05, 0.1) is 24.5 Å². The molecule has 1 saturated heterocycles.